The van der Waals surface area contributed by atoms with Crippen molar-refractivity contribution < 1.29 is 33.3 Å². The molecule has 1 heterocycles. The number of carbonyl (C=O) groups excluding carboxylic acids is 2. The van der Waals surface area contributed by atoms with Crippen molar-refractivity contribution in [2.24, 2.45) is 0 Å². The van der Waals surface area contributed by atoms with Crippen LogP contribution in [0.5, 0.6) is 5.75 Å². The maximum absolute atomic E-state index is 11.8. The molecule has 0 atom stereocenters. The Morgan fingerprint density at radius 3 is 2.38 bits per heavy atom. The largest absolute Gasteiger partial charge is 0.497 e. The highest BCUT2D eigenvalue weighted by molar-refractivity contribution is 5.89. The molecule has 1 saturated heterocycles. The van der Waals surface area contributed by atoms with Gasteiger partial charge in [-0.25, -0.2) is 4.79 Å². The van der Waals surface area contributed by atoms with Crippen LogP contribution in [-0.4, -0.2) is 38.9 Å². The van der Waals surface area contributed by atoms with Crippen LogP contribution in [0.1, 0.15) is 19.4 Å². The highest BCUT2D eigenvalue weighted by Crippen LogP contribution is 2.34. The number of hydrogen-bond acceptors (Lipinski definition) is 7. The smallest absolute Gasteiger partial charge is 0.374 e. The zero-order valence-corrected chi connectivity index (χ0v) is 15.0. The van der Waals surface area contributed by atoms with Crippen LogP contribution in [-0.2, 0) is 34.3 Å². The maximum atomic E-state index is 11.8. The van der Waals surface area contributed by atoms with Crippen LogP contribution in [0.15, 0.2) is 48.3 Å². The molecule has 7 nitrogen and oxygen atoms in total. The number of carbonyl (C=O) groups is 2. The Kier molecular flexibility index (Phi) is 6.94. The van der Waals surface area contributed by atoms with Crippen LogP contribution in [0.25, 0.3) is 0 Å². The molecule has 0 N–H and O–H groups in total. The molecule has 0 amide bonds. The molecule has 0 aromatic heterocycles. The van der Waals surface area contributed by atoms with Crippen LogP contribution in [0, 0.1) is 0 Å². The van der Waals surface area contributed by atoms with E-state index in [-0.39, 0.29) is 12.4 Å². The second-order valence-corrected chi connectivity index (χ2v) is 5.30. The normalized spacial score (nSPS) is 16.5. The zero-order valence-electron chi connectivity index (χ0n) is 15.0. The summed E-state index contributed by atoms with van der Waals surface area (Å²) in [5.74, 6) is -1.92. The first kappa shape index (κ1) is 19.7. The summed E-state index contributed by atoms with van der Waals surface area (Å²) in [6, 6.07) is 7.26. The molecule has 1 aromatic carbocycles. The van der Waals surface area contributed by atoms with E-state index < -0.39 is 17.7 Å². The molecule has 2 rings (SSSR count). The van der Waals surface area contributed by atoms with Gasteiger partial charge in [0.1, 0.15) is 5.75 Å². The zero-order chi connectivity index (χ0) is 19.0. The molecular weight excluding hydrogens is 340 g/mol. The van der Waals surface area contributed by atoms with Gasteiger partial charge in [-0.3, -0.25) is 4.79 Å². The van der Waals surface area contributed by atoms with Crippen molar-refractivity contribution in [3.05, 3.63) is 53.8 Å². The standard InChI is InChI=1S/C19H22O7/c1-4-23-18(21)17(26-14(2)20)6-5-11-19(24-12-13-25-19)15-7-9-16(22-3)10-8-15/h5-11H,4,12-13H2,1-3H3/b11-5+,17-6-. The van der Waals surface area contributed by atoms with Crippen LogP contribution in [0.4, 0.5) is 0 Å². The number of benzene rings is 1. The Labute approximate surface area is 152 Å². The highest BCUT2D eigenvalue weighted by atomic mass is 16.7. The predicted octanol–water partition coefficient (Wildman–Crippen LogP) is 2.46. The third-order valence-electron chi connectivity index (χ3n) is 3.50. The van der Waals surface area contributed by atoms with Crippen molar-refractivity contribution in [2.45, 2.75) is 19.6 Å². The van der Waals surface area contributed by atoms with Gasteiger partial charge in [0, 0.05) is 12.5 Å². The summed E-state index contributed by atoms with van der Waals surface area (Å²) in [5, 5.41) is 0. The van der Waals surface area contributed by atoms with E-state index >= 15 is 0 Å². The number of methoxy groups -OCH3 is 1. The third kappa shape index (κ3) is 4.93. The molecule has 0 bridgehead atoms. The van der Waals surface area contributed by atoms with Gasteiger partial charge in [-0.1, -0.05) is 6.08 Å². The molecule has 1 aliphatic heterocycles. The summed E-state index contributed by atoms with van der Waals surface area (Å²) in [6.07, 6.45) is 4.52. The van der Waals surface area contributed by atoms with Gasteiger partial charge in [-0.2, -0.15) is 0 Å². The Balaban J connectivity index is 2.26. The van der Waals surface area contributed by atoms with Crippen LogP contribution in [0.3, 0.4) is 0 Å². The van der Waals surface area contributed by atoms with E-state index in [0.29, 0.717) is 19.0 Å². The second kappa shape index (κ2) is 9.17. The van der Waals surface area contributed by atoms with Gasteiger partial charge in [0.05, 0.1) is 26.9 Å². The first-order chi connectivity index (χ1) is 12.5. The minimum atomic E-state index is -1.08. The summed E-state index contributed by atoms with van der Waals surface area (Å²) < 4.78 is 26.5. The Morgan fingerprint density at radius 2 is 1.85 bits per heavy atom. The van der Waals surface area contributed by atoms with Gasteiger partial charge in [-0.15, -0.1) is 0 Å². The number of esters is 2. The van der Waals surface area contributed by atoms with E-state index in [4.69, 9.17) is 23.7 Å². The minimum Gasteiger partial charge on any atom is -0.497 e. The lowest BCUT2D eigenvalue weighted by Gasteiger charge is -2.24. The SMILES string of the molecule is CCOC(=O)/C(=C/C=C/C1(c2ccc(OC)cc2)OCCO1)OC(C)=O. The molecule has 0 aliphatic carbocycles. The molecule has 7 heteroatoms. The monoisotopic (exact) mass is 362 g/mol. The van der Waals surface area contributed by atoms with Gasteiger partial charge < -0.3 is 23.7 Å². The maximum Gasteiger partial charge on any atom is 0.374 e. The van der Waals surface area contributed by atoms with Gasteiger partial charge in [0.2, 0.25) is 11.5 Å². The summed E-state index contributed by atoms with van der Waals surface area (Å²) in [5.41, 5.74) is 0.769. The van der Waals surface area contributed by atoms with E-state index in [2.05, 4.69) is 0 Å². The van der Waals surface area contributed by atoms with Crippen LogP contribution in [0.2, 0.25) is 0 Å². The van der Waals surface area contributed by atoms with E-state index in [1.165, 1.54) is 19.1 Å². The van der Waals surface area contributed by atoms with Crippen LogP contribution < -0.4 is 4.74 Å². The number of ether oxygens (including phenoxy) is 5. The quantitative estimate of drug-likeness (QED) is 0.319. The highest BCUT2D eigenvalue weighted by Gasteiger charge is 2.35. The van der Waals surface area contributed by atoms with Crippen molar-refractivity contribution in [3.8, 4) is 5.75 Å². The molecule has 0 saturated carbocycles. The van der Waals surface area contributed by atoms with Crippen molar-refractivity contribution in [1.29, 1.82) is 0 Å². The summed E-state index contributed by atoms with van der Waals surface area (Å²) in [6.45, 7) is 3.89. The molecule has 0 unspecified atom stereocenters. The lowest BCUT2D eigenvalue weighted by Crippen LogP contribution is -2.24. The first-order valence-electron chi connectivity index (χ1n) is 8.18. The fourth-order valence-corrected chi connectivity index (χ4v) is 2.37. The van der Waals surface area contributed by atoms with Crippen molar-refractivity contribution in [1.82, 2.24) is 0 Å². The summed E-state index contributed by atoms with van der Waals surface area (Å²) >= 11 is 0. The summed E-state index contributed by atoms with van der Waals surface area (Å²) in [4.78, 5) is 23.0. The number of rotatable bonds is 7. The van der Waals surface area contributed by atoms with Gasteiger partial charge in [0.25, 0.3) is 0 Å². The molecule has 1 aliphatic rings. The fraction of sp³-hybridized carbons (Fsp3) is 0.368. The Hall–Kier alpha value is -2.64. The summed E-state index contributed by atoms with van der Waals surface area (Å²) in [7, 11) is 1.59. The minimum absolute atomic E-state index is 0.170. The average Bonchev–Trinajstić information content (AvgIpc) is 3.11. The van der Waals surface area contributed by atoms with E-state index in [9.17, 15) is 9.59 Å². The van der Waals surface area contributed by atoms with Crippen molar-refractivity contribution >= 4 is 11.9 Å². The van der Waals surface area contributed by atoms with Crippen molar-refractivity contribution in [3.63, 3.8) is 0 Å². The van der Waals surface area contributed by atoms with Crippen LogP contribution >= 0.6 is 0 Å². The molecular formula is C19H22O7. The second-order valence-electron chi connectivity index (χ2n) is 5.30. The van der Waals surface area contributed by atoms with E-state index in [1.54, 1.807) is 32.2 Å². The first-order valence-corrected chi connectivity index (χ1v) is 8.18. The fourth-order valence-electron chi connectivity index (χ4n) is 2.37. The Bertz CT molecular complexity index is 682. The number of allylic oxidation sites excluding steroid dienone is 2. The van der Waals surface area contributed by atoms with Gasteiger partial charge >= 0.3 is 11.9 Å². The topological polar surface area (TPSA) is 80.3 Å². The molecule has 1 fully saturated rings. The van der Waals surface area contributed by atoms with Gasteiger partial charge in [-0.05, 0) is 43.3 Å². The molecule has 1 aromatic rings. The van der Waals surface area contributed by atoms with E-state index in [1.807, 2.05) is 12.1 Å². The predicted molar refractivity (Wildman–Crippen MR) is 92.2 cm³/mol. The molecule has 140 valence electrons. The molecule has 0 radical (unpaired) electrons. The van der Waals surface area contributed by atoms with Crippen molar-refractivity contribution in [2.75, 3.05) is 26.9 Å². The molecule has 0 spiro atoms. The number of hydrogen-bond donors (Lipinski definition) is 0. The lowest BCUT2D eigenvalue weighted by atomic mass is 10.0. The Morgan fingerprint density at radius 1 is 1.19 bits per heavy atom. The van der Waals surface area contributed by atoms with Gasteiger partial charge in [0.15, 0.2) is 0 Å². The molecule has 26 heavy (non-hydrogen) atoms. The third-order valence-corrected chi connectivity index (χ3v) is 3.50. The lowest BCUT2D eigenvalue weighted by molar-refractivity contribution is -0.150. The average molecular weight is 362 g/mol. The van der Waals surface area contributed by atoms with E-state index in [0.717, 1.165) is 5.56 Å².